The SMILES string of the molecule is O=C(CC1N=C2c3ccccc3N=C(SCC(=O)c3ccccc3)N2C1=O)NCc1ccc2c(c1)OCO2. The van der Waals surface area contributed by atoms with Gasteiger partial charge in [-0.05, 0) is 29.8 Å². The van der Waals surface area contributed by atoms with Gasteiger partial charge in [0.2, 0.25) is 12.7 Å². The lowest BCUT2D eigenvalue weighted by Gasteiger charge is -2.25. The number of amidine groups is 2. The summed E-state index contributed by atoms with van der Waals surface area (Å²) in [5, 5.41) is 3.23. The van der Waals surface area contributed by atoms with E-state index < -0.39 is 6.04 Å². The molecule has 0 aromatic heterocycles. The van der Waals surface area contributed by atoms with Crippen LogP contribution in [-0.2, 0) is 16.1 Å². The summed E-state index contributed by atoms with van der Waals surface area (Å²) in [7, 11) is 0. The molecule has 1 N–H and O–H groups in total. The summed E-state index contributed by atoms with van der Waals surface area (Å²) in [6.07, 6.45) is -0.105. The van der Waals surface area contributed by atoms with Gasteiger partial charge in [0, 0.05) is 17.7 Å². The van der Waals surface area contributed by atoms with Crippen molar-refractivity contribution in [2.24, 2.45) is 9.98 Å². The van der Waals surface area contributed by atoms with Gasteiger partial charge in [-0.15, -0.1) is 0 Å². The third kappa shape index (κ3) is 4.66. The summed E-state index contributed by atoms with van der Waals surface area (Å²) in [4.78, 5) is 49.6. The first-order valence-corrected chi connectivity index (χ1v) is 13.0. The molecule has 0 saturated carbocycles. The van der Waals surface area contributed by atoms with Gasteiger partial charge in [0.15, 0.2) is 22.4 Å². The quantitative estimate of drug-likeness (QED) is 0.470. The second-order valence-electron chi connectivity index (χ2n) is 8.80. The fourth-order valence-corrected chi connectivity index (χ4v) is 5.26. The number of carbonyl (C=O) groups excluding carboxylic acids is 3. The van der Waals surface area contributed by atoms with E-state index in [1.807, 2.05) is 54.6 Å². The molecule has 3 aromatic rings. The molecule has 3 aromatic carbocycles. The largest absolute Gasteiger partial charge is 0.454 e. The van der Waals surface area contributed by atoms with E-state index in [9.17, 15) is 14.4 Å². The maximum absolute atomic E-state index is 13.4. The average molecular weight is 527 g/mol. The van der Waals surface area contributed by atoms with Crippen molar-refractivity contribution in [1.82, 2.24) is 10.2 Å². The van der Waals surface area contributed by atoms with Crippen molar-refractivity contribution in [3.63, 3.8) is 0 Å². The number of rotatable bonds is 7. The minimum Gasteiger partial charge on any atom is -0.454 e. The van der Waals surface area contributed by atoms with Gasteiger partial charge in [-0.3, -0.25) is 19.4 Å². The number of thioether (sulfide) groups is 1. The molecule has 3 aliphatic heterocycles. The van der Waals surface area contributed by atoms with Gasteiger partial charge in [-0.25, -0.2) is 9.89 Å². The molecule has 0 saturated heterocycles. The van der Waals surface area contributed by atoms with Crippen molar-refractivity contribution in [3.05, 3.63) is 89.5 Å². The number of ketones is 1. The number of hydrogen-bond donors (Lipinski definition) is 1. The number of hydrogen-bond acceptors (Lipinski definition) is 8. The van der Waals surface area contributed by atoms with E-state index in [4.69, 9.17) is 9.47 Å². The molecule has 3 heterocycles. The van der Waals surface area contributed by atoms with Crippen molar-refractivity contribution in [2.75, 3.05) is 12.5 Å². The van der Waals surface area contributed by atoms with Crippen LogP contribution in [0, 0.1) is 0 Å². The summed E-state index contributed by atoms with van der Waals surface area (Å²) in [6, 6.07) is 20.9. The molecule has 0 radical (unpaired) electrons. The number of carbonyl (C=O) groups is 3. The molecule has 190 valence electrons. The molecule has 0 fully saturated rings. The number of ether oxygens (including phenoxy) is 2. The van der Waals surface area contributed by atoms with Gasteiger partial charge in [-0.1, -0.05) is 60.3 Å². The van der Waals surface area contributed by atoms with Gasteiger partial charge in [0.25, 0.3) is 5.91 Å². The van der Waals surface area contributed by atoms with E-state index in [0.717, 1.165) is 5.56 Å². The predicted molar refractivity (Wildman–Crippen MR) is 143 cm³/mol. The molecule has 0 aliphatic carbocycles. The monoisotopic (exact) mass is 526 g/mol. The summed E-state index contributed by atoms with van der Waals surface area (Å²) in [5.41, 5.74) is 2.82. The zero-order valence-corrected chi connectivity index (χ0v) is 20.9. The van der Waals surface area contributed by atoms with Crippen molar-refractivity contribution in [2.45, 2.75) is 19.0 Å². The normalized spacial score (nSPS) is 16.9. The van der Waals surface area contributed by atoms with Gasteiger partial charge in [0.05, 0.1) is 17.9 Å². The third-order valence-electron chi connectivity index (χ3n) is 6.28. The number of nitrogens with zero attached hydrogens (tertiary/aromatic N) is 3. The van der Waals surface area contributed by atoms with Crippen LogP contribution in [0.5, 0.6) is 11.5 Å². The lowest BCUT2D eigenvalue weighted by atomic mass is 10.1. The molecular formula is C28H22N4O5S. The highest BCUT2D eigenvalue weighted by Crippen LogP contribution is 2.35. The zero-order chi connectivity index (χ0) is 26.1. The number of Topliss-reactive ketones (excluding diaryl/α,β-unsaturated/α-hetero) is 1. The van der Waals surface area contributed by atoms with Gasteiger partial charge >= 0.3 is 0 Å². The first-order valence-electron chi connectivity index (χ1n) is 12.0. The number of benzene rings is 3. The Balaban J connectivity index is 1.16. The van der Waals surface area contributed by atoms with Crippen LogP contribution in [0.25, 0.3) is 0 Å². The molecule has 1 unspecified atom stereocenters. The first-order chi connectivity index (χ1) is 18.6. The number of para-hydroxylation sites is 1. The third-order valence-corrected chi connectivity index (χ3v) is 7.22. The minimum absolute atomic E-state index is 0.0678. The fraction of sp³-hybridized carbons (Fsp3) is 0.179. The Bertz CT molecular complexity index is 1500. The summed E-state index contributed by atoms with van der Waals surface area (Å²) >= 11 is 1.18. The molecule has 2 amide bonds. The topological polar surface area (TPSA) is 110 Å². The van der Waals surface area contributed by atoms with Gasteiger partial charge in [-0.2, -0.15) is 0 Å². The van der Waals surface area contributed by atoms with Gasteiger partial charge < -0.3 is 14.8 Å². The van der Waals surface area contributed by atoms with E-state index >= 15 is 0 Å². The Morgan fingerprint density at radius 1 is 1.00 bits per heavy atom. The standard InChI is InChI=1S/C28H22N4O5S/c33-22(18-6-2-1-3-7-18)15-38-28-31-20-9-5-4-8-19(20)26-30-21(27(35)32(26)28)13-25(34)29-14-17-10-11-23-24(12-17)37-16-36-23/h1-12,21H,13-16H2,(H,29,34). The number of aliphatic imine (C=N–C) groups is 2. The summed E-state index contributed by atoms with van der Waals surface area (Å²) in [6.45, 7) is 0.461. The highest BCUT2D eigenvalue weighted by Gasteiger charge is 2.42. The van der Waals surface area contributed by atoms with Crippen LogP contribution in [0.2, 0.25) is 0 Å². The maximum atomic E-state index is 13.4. The molecule has 1 atom stereocenters. The van der Waals surface area contributed by atoms with Crippen molar-refractivity contribution in [3.8, 4) is 11.5 Å². The van der Waals surface area contributed by atoms with E-state index in [1.54, 1.807) is 18.2 Å². The number of fused-ring (bicyclic) bond motifs is 4. The summed E-state index contributed by atoms with van der Waals surface area (Å²) in [5.74, 6) is 1.16. The Hall–Kier alpha value is -4.44. The van der Waals surface area contributed by atoms with E-state index in [0.29, 0.717) is 39.3 Å². The Labute approximate surface area is 222 Å². The second kappa shape index (κ2) is 10.1. The van der Waals surface area contributed by atoms with Crippen molar-refractivity contribution in [1.29, 1.82) is 0 Å². The van der Waals surface area contributed by atoms with Crippen LogP contribution >= 0.6 is 11.8 Å². The first kappa shape index (κ1) is 23.9. The molecule has 10 heteroatoms. The van der Waals surface area contributed by atoms with Crippen LogP contribution in [0.3, 0.4) is 0 Å². The van der Waals surface area contributed by atoms with Crippen molar-refractivity contribution >= 4 is 46.1 Å². The average Bonchev–Trinajstić information content (AvgIpc) is 3.55. The van der Waals surface area contributed by atoms with Gasteiger partial charge in [0.1, 0.15) is 11.9 Å². The van der Waals surface area contributed by atoms with Crippen LogP contribution in [-0.4, -0.2) is 52.1 Å². The molecular weight excluding hydrogens is 504 g/mol. The Morgan fingerprint density at radius 3 is 2.66 bits per heavy atom. The molecule has 38 heavy (non-hydrogen) atoms. The lowest BCUT2D eigenvalue weighted by molar-refractivity contribution is -0.128. The highest BCUT2D eigenvalue weighted by molar-refractivity contribution is 8.14. The van der Waals surface area contributed by atoms with Crippen LogP contribution in [0.4, 0.5) is 5.69 Å². The predicted octanol–water partition coefficient (Wildman–Crippen LogP) is 3.70. The molecule has 0 spiro atoms. The van der Waals surface area contributed by atoms with Crippen LogP contribution in [0.1, 0.15) is 27.9 Å². The number of nitrogens with one attached hydrogen (secondary N) is 1. The van der Waals surface area contributed by atoms with E-state index in [1.165, 1.54) is 16.7 Å². The summed E-state index contributed by atoms with van der Waals surface area (Å²) < 4.78 is 10.7. The minimum atomic E-state index is -0.886. The van der Waals surface area contributed by atoms with Crippen molar-refractivity contribution < 1.29 is 23.9 Å². The van der Waals surface area contributed by atoms with Crippen LogP contribution < -0.4 is 14.8 Å². The molecule has 3 aliphatic rings. The highest BCUT2D eigenvalue weighted by atomic mass is 32.2. The zero-order valence-electron chi connectivity index (χ0n) is 20.1. The maximum Gasteiger partial charge on any atom is 0.259 e. The Morgan fingerprint density at radius 2 is 1.79 bits per heavy atom. The Kier molecular flexibility index (Phi) is 6.38. The van der Waals surface area contributed by atoms with E-state index in [-0.39, 0.29) is 43.1 Å². The fourth-order valence-electron chi connectivity index (χ4n) is 4.37. The lowest BCUT2D eigenvalue weighted by Crippen LogP contribution is -2.42. The second-order valence-corrected chi connectivity index (χ2v) is 9.74. The van der Waals surface area contributed by atoms with Crippen LogP contribution in [0.15, 0.2) is 82.8 Å². The smallest absolute Gasteiger partial charge is 0.259 e. The number of amides is 2. The molecule has 6 rings (SSSR count). The molecule has 9 nitrogen and oxygen atoms in total. The molecule has 0 bridgehead atoms. The van der Waals surface area contributed by atoms with E-state index in [2.05, 4.69) is 15.3 Å².